The van der Waals surface area contributed by atoms with E-state index in [-0.39, 0.29) is 10.9 Å². The number of nitrogens with zero attached hydrogens (tertiary/aromatic N) is 1. The summed E-state index contributed by atoms with van der Waals surface area (Å²) >= 11 is 4.50. The van der Waals surface area contributed by atoms with Crippen LogP contribution in [0.4, 0.5) is 0 Å². The minimum absolute atomic E-state index is 0.0795. The molecule has 2 heterocycles. The molecule has 1 atom stereocenters. The minimum atomic E-state index is -0.135. The summed E-state index contributed by atoms with van der Waals surface area (Å²) in [6, 6.07) is 0.564. The van der Waals surface area contributed by atoms with Crippen LogP contribution < -0.4 is 10.6 Å². The molecular formula is C13H25N3OS. The van der Waals surface area contributed by atoms with Crippen LogP contribution in [0.5, 0.6) is 0 Å². The number of piperidine rings is 1. The van der Waals surface area contributed by atoms with E-state index in [0.717, 1.165) is 45.3 Å². The maximum atomic E-state index is 12.2. The topological polar surface area (TPSA) is 44.4 Å². The fraction of sp³-hybridized carbons (Fsp3) is 0.923. The third-order valence-corrected chi connectivity index (χ3v) is 3.85. The van der Waals surface area contributed by atoms with Crippen molar-refractivity contribution < 1.29 is 4.79 Å². The summed E-state index contributed by atoms with van der Waals surface area (Å²) in [4.78, 5) is 14.1. The van der Waals surface area contributed by atoms with Crippen molar-refractivity contribution in [3.63, 3.8) is 0 Å². The van der Waals surface area contributed by atoms with Gasteiger partial charge in [0.2, 0.25) is 5.91 Å². The molecule has 1 amide bonds. The van der Waals surface area contributed by atoms with E-state index in [0.29, 0.717) is 11.9 Å². The van der Waals surface area contributed by atoms with E-state index in [1.54, 1.807) is 0 Å². The molecule has 0 aromatic rings. The zero-order chi connectivity index (χ0) is 13.2. The first kappa shape index (κ1) is 14.2. The molecule has 0 aromatic carbocycles. The number of carbonyl (C=O) groups is 1. The van der Waals surface area contributed by atoms with Crippen LogP contribution >= 0.6 is 12.6 Å². The lowest BCUT2D eigenvalue weighted by atomic mass is 10.0. The van der Waals surface area contributed by atoms with E-state index in [1.807, 2.05) is 4.90 Å². The van der Waals surface area contributed by atoms with Crippen LogP contribution in [-0.4, -0.2) is 47.4 Å². The fourth-order valence-corrected chi connectivity index (χ4v) is 3.04. The van der Waals surface area contributed by atoms with E-state index in [1.165, 1.54) is 0 Å². The molecule has 0 saturated carbocycles. The van der Waals surface area contributed by atoms with Gasteiger partial charge in [-0.3, -0.25) is 4.79 Å². The number of carbonyl (C=O) groups excluding carboxylic acids is 1. The van der Waals surface area contributed by atoms with Gasteiger partial charge in [-0.15, -0.1) is 0 Å². The van der Waals surface area contributed by atoms with E-state index in [2.05, 4.69) is 37.1 Å². The second-order valence-electron chi connectivity index (χ2n) is 5.95. The summed E-state index contributed by atoms with van der Waals surface area (Å²) in [7, 11) is 0. The lowest BCUT2D eigenvalue weighted by Crippen LogP contribution is -2.52. The largest absolute Gasteiger partial charge is 0.341 e. The van der Waals surface area contributed by atoms with Gasteiger partial charge in [0.1, 0.15) is 0 Å². The minimum Gasteiger partial charge on any atom is -0.341 e. The van der Waals surface area contributed by atoms with Gasteiger partial charge < -0.3 is 15.5 Å². The van der Waals surface area contributed by atoms with Crippen molar-refractivity contribution >= 4 is 18.5 Å². The number of hydrogen-bond donors (Lipinski definition) is 3. The first-order valence-electron chi connectivity index (χ1n) is 6.98. The van der Waals surface area contributed by atoms with Crippen molar-refractivity contribution in [2.75, 3.05) is 19.6 Å². The molecule has 2 aliphatic heterocycles. The van der Waals surface area contributed by atoms with Gasteiger partial charge in [-0.25, -0.2) is 0 Å². The SMILES string of the molecule is CC(C)(S)NC1CCN(C(=O)C2CCCN2)CC1. The maximum absolute atomic E-state index is 12.2. The monoisotopic (exact) mass is 271 g/mol. The number of hydrogen-bond acceptors (Lipinski definition) is 4. The lowest BCUT2D eigenvalue weighted by molar-refractivity contribution is -0.134. The molecule has 2 saturated heterocycles. The van der Waals surface area contributed by atoms with Crippen LogP contribution in [0.3, 0.4) is 0 Å². The van der Waals surface area contributed by atoms with Crippen LogP contribution in [0.2, 0.25) is 0 Å². The highest BCUT2D eigenvalue weighted by Crippen LogP contribution is 2.18. The fourth-order valence-electron chi connectivity index (χ4n) is 2.86. The molecule has 4 nitrogen and oxygen atoms in total. The standard InChI is InChI=1S/C13H25N3OS/c1-13(2,18)15-10-5-8-16(9-6-10)12(17)11-4-3-7-14-11/h10-11,14-15,18H,3-9H2,1-2H3. The summed E-state index contributed by atoms with van der Waals surface area (Å²) in [5.41, 5.74) is 0. The average molecular weight is 271 g/mol. The maximum Gasteiger partial charge on any atom is 0.239 e. The van der Waals surface area contributed by atoms with Gasteiger partial charge >= 0.3 is 0 Å². The Morgan fingerprint density at radius 2 is 2.00 bits per heavy atom. The molecule has 2 fully saturated rings. The molecule has 104 valence electrons. The molecule has 18 heavy (non-hydrogen) atoms. The summed E-state index contributed by atoms with van der Waals surface area (Å²) < 4.78 is 0. The van der Waals surface area contributed by atoms with E-state index >= 15 is 0 Å². The number of rotatable bonds is 3. The van der Waals surface area contributed by atoms with E-state index < -0.39 is 0 Å². The normalized spacial score (nSPS) is 26.6. The third-order valence-electron chi connectivity index (χ3n) is 3.72. The molecule has 0 radical (unpaired) electrons. The Hall–Kier alpha value is -0.260. The van der Waals surface area contributed by atoms with Crippen molar-refractivity contribution in [1.29, 1.82) is 0 Å². The predicted molar refractivity (Wildman–Crippen MR) is 76.8 cm³/mol. The average Bonchev–Trinajstić information content (AvgIpc) is 2.80. The zero-order valence-corrected chi connectivity index (χ0v) is 12.3. The Bertz CT molecular complexity index is 289. The Balaban J connectivity index is 1.77. The molecule has 0 aliphatic carbocycles. The molecular weight excluding hydrogens is 246 g/mol. The highest BCUT2D eigenvalue weighted by molar-refractivity contribution is 7.81. The van der Waals surface area contributed by atoms with Gasteiger partial charge in [0.25, 0.3) is 0 Å². The molecule has 2 aliphatic rings. The number of thiol groups is 1. The van der Waals surface area contributed by atoms with Crippen LogP contribution in [0.25, 0.3) is 0 Å². The van der Waals surface area contributed by atoms with Crippen LogP contribution in [0.15, 0.2) is 0 Å². The van der Waals surface area contributed by atoms with Crippen molar-refractivity contribution in [3.8, 4) is 0 Å². The third kappa shape index (κ3) is 3.87. The van der Waals surface area contributed by atoms with Crippen molar-refractivity contribution in [2.45, 2.75) is 56.5 Å². The van der Waals surface area contributed by atoms with Crippen molar-refractivity contribution in [3.05, 3.63) is 0 Å². The van der Waals surface area contributed by atoms with Gasteiger partial charge in [-0.2, -0.15) is 12.6 Å². The molecule has 0 spiro atoms. The van der Waals surface area contributed by atoms with Crippen LogP contribution in [0, 0.1) is 0 Å². The molecule has 2 rings (SSSR count). The van der Waals surface area contributed by atoms with Gasteiger partial charge in [-0.05, 0) is 46.1 Å². The molecule has 1 unspecified atom stereocenters. The van der Waals surface area contributed by atoms with Gasteiger partial charge in [0.05, 0.1) is 10.9 Å². The molecule has 5 heteroatoms. The number of likely N-dealkylation sites (tertiary alicyclic amines) is 1. The Labute approximate surface area is 115 Å². The highest BCUT2D eigenvalue weighted by atomic mass is 32.1. The lowest BCUT2D eigenvalue weighted by Gasteiger charge is -2.36. The second kappa shape index (κ2) is 5.80. The zero-order valence-electron chi connectivity index (χ0n) is 11.4. The van der Waals surface area contributed by atoms with E-state index in [4.69, 9.17) is 0 Å². The number of nitrogens with one attached hydrogen (secondary N) is 2. The Morgan fingerprint density at radius 3 is 2.50 bits per heavy atom. The summed E-state index contributed by atoms with van der Waals surface area (Å²) in [6.45, 7) is 6.87. The summed E-state index contributed by atoms with van der Waals surface area (Å²) in [6.07, 6.45) is 4.19. The quantitative estimate of drug-likeness (QED) is 0.530. The Kier molecular flexibility index (Phi) is 4.56. The molecule has 0 bridgehead atoms. The Morgan fingerprint density at radius 1 is 1.33 bits per heavy atom. The van der Waals surface area contributed by atoms with Gasteiger partial charge in [-0.1, -0.05) is 0 Å². The predicted octanol–water partition coefficient (Wildman–Crippen LogP) is 0.985. The smallest absolute Gasteiger partial charge is 0.239 e. The van der Waals surface area contributed by atoms with Crippen LogP contribution in [-0.2, 0) is 4.79 Å². The molecule has 0 aromatic heterocycles. The van der Waals surface area contributed by atoms with Crippen molar-refractivity contribution in [2.24, 2.45) is 0 Å². The molecule has 2 N–H and O–H groups in total. The first-order chi connectivity index (χ1) is 8.46. The van der Waals surface area contributed by atoms with Gasteiger partial charge in [0, 0.05) is 19.1 Å². The second-order valence-corrected chi connectivity index (χ2v) is 7.07. The van der Waals surface area contributed by atoms with Crippen LogP contribution in [0.1, 0.15) is 39.5 Å². The van der Waals surface area contributed by atoms with Gasteiger partial charge in [0.15, 0.2) is 0 Å². The summed E-state index contributed by atoms with van der Waals surface area (Å²) in [5.74, 6) is 0.302. The van der Waals surface area contributed by atoms with Crippen molar-refractivity contribution in [1.82, 2.24) is 15.5 Å². The first-order valence-corrected chi connectivity index (χ1v) is 7.43. The number of amides is 1. The highest BCUT2D eigenvalue weighted by Gasteiger charge is 2.30. The van der Waals surface area contributed by atoms with E-state index in [9.17, 15) is 4.79 Å². The summed E-state index contributed by atoms with van der Waals surface area (Å²) in [5, 5.41) is 6.78.